The summed E-state index contributed by atoms with van der Waals surface area (Å²) >= 11 is 1.49. The fourth-order valence-corrected chi connectivity index (χ4v) is 4.44. The Morgan fingerprint density at radius 1 is 1.15 bits per heavy atom. The zero-order valence-corrected chi connectivity index (χ0v) is 20.4. The van der Waals surface area contributed by atoms with Gasteiger partial charge in [0.15, 0.2) is 16.8 Å². The Bertz CT molecular complexity index is 1260. The topological polar surface area (TPSA) is 95.1 Å². The van der Waals surface area contributed by atoms with E-state index in [0.29, 0.717) is 29.7 Å². The van der Waals surface area contributed by atoms with Gasteiger partial charge in [0.2, 0.25) is 5.91 Å². The molecule has 176 valence electrons. The summed E-state index contributed by atoms with van der Waals surface area (Å²) in [6.45, 7) is 6.11. The molecule has 0 saturated carbocycles. The van der Waals surface area contributed by atoms with Crippen LogP contribution in [0.3, 0.4) is 0 Å². The SMILES string of the molecule is COc1ccc(-c2nnc(SCCC(=O)Nc3cc(C)on3)n2-c2ccccc2C(C)C)cc1. The normalized spacial score (nSPS) is 11.1. The van der Waals surface area contributed by atoms with E-state index < -0.39 is 0 Å². The molecular formula is C25H27N5O3S. The molecule has 0 aliphatic heterocycles. The number of carbonyl (C=O) groups excluding carboxylic acids is 1. The molecule has 2 heterocycles. The van der Waals surface area contributed by atoms with Gasteiger partial charge in [0.1, 0.15) is 11.5 Å². The molecule has 2 aromatic carbocycles. The van der Waals surface area contributed by atoms with Gasteiger partial charge in [-0.1, -0.05) is 49.0 Å². The van der Waals surface area contributed by atoms with Gasteiger partial charge >= 0.3 is 0 Å². The predicted octanol–water partition coefficient (Wildman–Crippen LogP) is 5.48. The maximum absolute atomic E-state index is 12.3. The highest BCUT2D eigenvalue weighted by Crippen LogP contribution is 2.33. The summed E-state index contributed by atoms with van der Waals surface area (Å²) in [7, 11) is 1.64. The highest BCUT2D eigenvalue weighted by Gasteiger charge is 2.20. The van der Waals surface area contributed by atoms with Crippen molar-refractivity contribution in [2.24, 2.45) is 0 Å². The Kier molecular flexibility index (Phi) is 7.32. The first-order valence-electron chi connectivity index (χ1n) is 11.0. The maximum Gasteiger partial charge on any atom is 0.226 e. The first-order valence-corrected chi connectivity index (χ1v) is 12.0. The lowest BCUT2D eigenvalue weighted by Gasteiger charge is -2.17. The van der Waals surface area contributed by atoms with Crippen LogP contribution < -0.4 is 10.1 Å². The van der Waals surface area contributed by atoms with E-state index in [1.165, 1.54) is 17.3 Å². The van der Waals surface area contributed by atoms with E-state index >= 15 is 0 Å². The van der Waals surface area contributed by atoms with Gasteiger partial charge in [-0.25, -0.2) is 0 Å². The minimum atomic E-state index is -0.134. The molecule has 8 nitrogen and oxygen atoms in total. The average Bonchev–Trinajstić information content (AvgIpc) is 3.44. The zero-order chi connectivity index (χ0) is 24.1. The molecule has 4 aromatic rings. The fourth-order valence-electron chi connectivity index (χ4n) is 3.55. The number of anilines is 1. The van der Waals surface area contributed by atoms with Gasteiger partial charge in [-0.2, -0.15) is 0 Å². The van der Waals surface area contributed by atoms with E-state index in [4.69, 9.17) is 9.26 Å². The number of nitrogens with one attached hydrogen (secondary N) is 1. The minimum absolute atomic E-state index is 0.134. The maximum atomic E-state index is 12.3. The van der Waals surface area contributed by atoms with Crippen molar-refractivity contribution in [2.45, 2.75) is 38.3 Å². The van der Waals surface area contributed by atoms with Crippen LogP contribution in [0.15, 0.2) is 64.3 Å². The molecule has 0 saturated heterocycles. The van der Waals surface area contributed by atoms with Crippen LogP contribution in [0.1, 0.15) is 37.5 Å². The van der Waals surface area contributed by atoms with Gasteiger partial charge in [-0.05, 0) is 48.7 Å². The summed E-state index contributed by atoms with van der Waals surface area (Å²) in [5.41, 5.74) is 3.15. The van der Waals surface area contributed by atoms with Crippen molar-refractivity contribution in [3.63, 3.8) is 0 Å². The second-order valence-electron chi connectivity index (χ2n) is 8.05. The highest BCUT2D eigenvalue weighted by atomic mass is 32.2. The number of methoxy groups -OCH3 is 1. The van der Waals surface area contributed by atoms with Gasteiger partial charge in [0.25, 0.3) is 0 Å². The lowest BCUT2D eigenvalue weighted by atomic mass is 10.0. The van der Waals surface area contributed by atoms with Crippen LogP contribution in [-0.2, 0) is 4.79 Å². The van der Waals surface area contributed by atoms with E-state index in [1.54, 1.807) is 20.1 Å². The Hall–Kier alpha value is -3.59. The molecule has 0 aliphatic rings. The number of nitrogens with zero attached hydrogens (tertiary/aromatic N) is 4. The molecule has 0 spiro atoms. The molecule has 0 radical (unpaired) electrons. The number of thioether (sulfide) groups is 1. The van der Waals surface area contributed by atoms with Crippen LogP contribution in [0.5, 0.6) is 5.75 Å². The Morgan fingerprint density at radius 3 is 2.59 bits per heavy atom. The number of hydrogen-bond donors (Lipinski definition) is 1. The lowest BCUT2D eigenvalue weighted by molar-refractivity contribution is -0.115. The second-order valence-corrected chi connectivity index (χ2v) is 9.12. The number of carbonyl (C=O) groups is 1. The molecule has 0 unspecified atom stereocenters. The monoisotopic (exact) mass is 477 g/mol. The van der Waals surface area contributed by atoms with E-state index in [2.05, 4.69) is 51.2 Å². The van der Waals surface area contributed by atoms with Gasteiger partial charge < -0.3 is 14.6 Å². The van der Waals surface area contributed by atoms with E-state index in [9.17, 15) is 4.79 Å². The van der Waals surface area contributed by atoms with Gasteiger partial charge in [-0.3, -0.25) is 9.36 Å². The third-order valence-electron chi connectivity index (χ3n) is 5.24. The van der Waals surface area contributed by atoms with Crippen LogP contribution in [-0.4, -0.2) is 38.7 Å². The van der Waals surface area contributed by atoms with E-state index in [1.807, 2.05) is 36.4 Å². The molecule has 2 aromatic heterocycles. The van der Waals surface area contributed by atoms with Crippen molar-refractivity contribution in [3.8, 4) is 22.8 Å². The Balaban J connectivity index is 1.60. The number of benzene rings is 2. The van der Waals surface area contributed by atoms with Crippen molar-refractivity contribution in [1.82, 2.24) is 19.9 Å². The molecule has 0 aliphatic carbocycles. The smallest absolute Gasteiger partial charge is 0.226 e. The minimum Gasteiger partial charge on any atom is -0.497 e. The molecule has 1 amide bonds. The first-order chi connectivity index (χ1) is 16.5. The predicted molar refractivity (Wildman–Crippen MR) is 133 cm³/mol. The summed E-state index contributed by atoms with van der Waals surface area (Å²) in [5, 5.41) is 16.3. The third kappa shape index (κ3) is 5.31. The molecule has 0 fully saturated rings. The quantitative estimate of drug-likeness (QED) is 0.319. The number of amides is 1. The number of ether oxygens (including phenoxy) is 1. The number of hydrogen-bond acceptors (Lipinski definition) is 7. The summed E-state index contributed by atoms with van der Waals surface area (Å²) < 4.78 is 12.4. The third-order valence-corrected chi connectivity index (χ3v) is 6.17. The Morgan fingerprint density at radius 2 is 1.91 bits per heavy atom. The molecule has 0 atom stereocenters. The summed E-state index contributed by atoms with van der Waals surface area (Å²) in [6, 6.07) is 17.7. The van der Waals surface area contributed by atoms with Crippen LogP contribution >= 0.6 is 11.8 Å². The Labute approximate surface area is 202 Å². The lowest BCUT2D eigenvalue weighted by Crippen LogP contribution is -2.12. The van der Waals surface area contributed by atoms with Crippen LogP contribution in [0.2, 0.25) is 0 Å². The zero-order valence-electron chi connectivity index (χ0n) is 19.6. The largest absolute Gasteiger partial charge is 0.497 e. The molecule has 0 bridgehead atoms. The molecular weight excluding hydrogens is 450 g/mol. The number of para-hydroxylation sites is 1. The molecule has 1 N–H and O–H groups in total. The second kappa shape index (κ2) is 10.6. The summed E-state index contributed by atoms with van der Waals surface area (Å²) in [4.78, 5) is 12.3. The van der Waals surface area contributed by atoms with E-state index in [0.717, 1.165) is 28.0 Å². The molecule has 9 heteroatoms. The van der Waals surface area contributed by atoms with Crippen LogP contribution in [0, 0.1) is 6.92 Å². The van der Waals surface area contributed by atoms with Crippen LogP contribution in [0.25, 0.3) is 17.1 Å². The standard InChI is InChI=1S/C25H27N5O3S/c1-16(2)20-7-5-6-8-21(20)30-24(18-9-11-19(32-4)12-10-18)27-28-25(30)34-14-13-23(31)26-22-15-17(3)33-29-22/h5-12,15-16H,13-14H2,1-4H3,(H,26,29,31). The van der Waals surface area contributed by atoms with E-state index in [-0.39, 0.29) is 5.91 Å². The summed E-state index contributed by atoms with van der Waals surface area (Å²) in [6.07, 6.45) is 0.299. The van der Waals surface area contributed by atoms with Crippen LogP contribution in [0.4, 0.5) is 5.82 Å². The van der Waals surface area contributed by atoms with Gasteiger partial charge in [-0.15, -0.1) is 10.2 Å². The van der Waals surface area contributed by atoms with Gasteiger partial charge in [0, 0.05) is 23.8 Å². The van der Waals surface area contributed by atoms with Crippen molar-refractivity contribution < 1.29 is 14.1 Å². The average molecular weight is 478 g/mol. The molecule has 34 heavy (non-hydrogen) atoms. The fraction of sp³-hybridized carbons (Fsp3) is 0.280. The molecule has 4 rings (SSSR count). The van der Waals surface area contributed by atoms with Crippen molar-refractivity contribution in [3.05, 3.63) is 65.9 Å². The number of aromatic nitrogens is 4. The summed E-state index contributed by atoms with van der Waals surface area (Å²) in [5.74, 6) is 3.30. The number of aryl methyl sites for hydroxylation is 1. The van der Waals surface area contributed by atoms with Crippen molar-refractivity contribution >= 4 is 23.5 Å². The number of rotatable bonds is 9. The van der Waals surface area contributed by atoms with Crippen molar-refractivity contribution in [1.29, 1.82) is 0 Å². The van der Waals surface area contributed by atoms with Gasteiger partial charge in [0.05, 0.1) is 12.8 Å². The first kappa shape index (κ1) is 23.6. The van der Waals surface area contributed by atoms with Crippen molar-refractivity contribution in [2.75, 3.05) is 18.2 Å². The highest BCUT2D eigenvalue weighted by molar-refractivity contribution is 7.99.